The van der Waals surface area contributed by atoms with Crippen molar-refractivity contribution in [2.24, 2.45) is 5.73 Å². The number of carbonyl (C=O) groups is 2. The number of imidazole rings is 1. The molecule has 1 fully saturated rings. The van der Waals surface area contributed by atoms with Crippen LogP contribution < -0.4 is 15.8 Å². The lowest BCUT2D eigenvalue weighted by Gasteiger charge is -2.35. The van der Waals surface area contributed by atoms with Gasteiger partial charge in [-0.15, -0.1) is 0 Å². The van der Waals surface area contributed by atoms with E-state index in [9.17, 15) is 18.4 Å². The van der Waals surface area contributed by atoms with Crippen molar-refractivity contribution in [1.82, 2.24) is 24.2 Å². The first-order chi connectivity index (χ1) is 19.7. The van der Waals surface area contributed by atoms with Crippen molar-refractivity contribution in [2.45, 2.75) is 32.9 Å². The number of nitrogens with one attached hydrogen (secondary N) is 1. The quantitative estimate of drug-likeness (QED) is 0.332. The van der Waals surface area contributed by atoms with Crippen molar-refractivity contribution in [1.29, 1.82) is 0 Å². The summed E-state index contributed by atoms with van der Waals surface area (Å²) >= 11 is 0. The number of ether oxygens (including phenoxy) is 1. The van der Waals surface area contributed by atoms with E-state index in [1.807, 2.05) is 23.5 Å². The van der Waals surface area contributed by atoms with Crippen LogP contribution in [0.4, 0.5) is 20.3 Å². The van der Waals surface area contributed by atoms with Crippen molar-refractivity contribution < 1.29 is 23.1 Å². The molecule has 2 amide bonds. The summed E-state index contributed by atoms with van der Waals surface area (Å²) in [4.78, 5) is 38.0. The van der Waals surface area contributed by atoms with Crippen LogP contribution in [0.2, 0.25) is 0 Å². The molecular weight excluding hydrogens is 532 g/mol. The van der Waals surface area contributed by atoms with Gasteiger partial charge in [-0.1, -0.05) is 0 Å². The summed E-state index contributed by atoms with van der Waals surface area (Å²) < 4.78 is 31.2. The molecule has 10 nitrogen and oxygen atoms in total. The molecule has 3 heterocycles. The Morgan fingerprint density at radius 3 is 2.41 bits per heavy atom. The number of anilines is 2. The summed E-state index contributed by atoms with van der Waals surface area (Å²) in [5.41, 5.74) is 9.99. The number of nitrogens with two attached hydrogens (primary N) is 1. The molecule has 1 aliphatic heterocycles. The molecule has 1 atom stereocenters. The number of piperazine rings is 1. The first kappa shape index (κ1) is 28.0. The number of amides is 2. The van der Waals surface area contributed by atoms with E-state index in [0.29, 0.717) is 49.6 Å². The van der Waals surface area contributed by atoms with E-state index >= 15 is 0 Å². The summed E-state index contributed by atoms with van der Waals surface area (Å²) in [6, 6.07) is 11.6. The molecule has 0 saturated carbocycles. The maximum Gasteiger partial charge on any atom is 0.387 e. The minimum Gasteiger partial charge on any atom is -0.435 e. The molecule has 0 aliphatic carbocycles. The number of aryl methyl sites for hydroxylation is 1. The third-order valence-electron chi connectivity index (χ3n) is 6.94. The second kappa shape index (κ2) is 11.9. The standard InChI is InChI=1S/C29H31F2N7O3/c1-18-15-21(5-8-23(18)28(40)37-13-11-36(12-14-37)25(39)16-19(2)32)35-26-27-34-17-24(38(27)10-9-33-26)20-3-6-22(7-4-20)41-29(30)31/h3-10,15,17,19,29H,11-14,16,32H2,1-2H3,(H,33,35)/t19-/m0/s1. The first-order valence-corrected chi connectivity index (χ1v) is 13.3. The number of aromatic nitrogens is 3. The highest BCUT2D eigenvalue weighted by molar-refractivity contribution is 5.96. The molecule has 1 aliphatic rings. The Kier molecular flexibility index (Phi) is 8.11. The van der Waals surface area contributed by atoms with E-state index in [1.54, 1.807) is 53.5 Å². The Bertz CT molecular complexity index is 1550. The molecule has 41 heavy (non-hydrogen) atoms. The lowest BCUT2D eigenvalue weighted by molar-refractivity contribution is -0.132. The highest BCUT2D eigenvalue weighted by Crippen LogP contribution is 2.28. The number of fused-ring (bicyclic) bond motifs is 1. The van der Waals surface area contributed by atoms with Gasteiger partial charge in [0.15, 0.2) is 11.5 Å². The number of alkyl halides is 2. The van der Waals surface area contributed by atoms with E-state index < -0.39 is 6.61 Å². The Hall–Kier alpha value is -4.58. The number of carbonyl (C=O) groups excluding carboxylic acids is 2. The Labute approximate surface area is 235 Å². The van der Waals surface area contributed by atoms with Crippen LogP contribution in [0, 0.1) is 6.92 Å². The number of nitrogens with zero attached hydrogens (tertiary/aromatic N) is 5. The summed E-state index contributed by atoms with van der Waals surface area (Å²) in [5, 5.41) is 3.29. The van der Waals surface area contributed by atoms with Crippen LogP contribution in [0.1, 0.15) is 29.3 Å². The monoisotopic (exact) mass is 563 g/mol. The van der Waals surface area contributed by atoms with Crippen LogP contribution in [0.5, 0.6) is 5.75 Å². The molecule has 0 spiro atoms. The highest BCUT2D eigenvalue weighted by atomic mass is 19.3. The van der Waals surface area contributed by atoms with E-state index in [2.05, 4.69) is 20.0 Å². The molecule has 1 saturated heterocycles. The van der Waals surface area contributed by atoms with Crippen molar-refractivity contribution in [3.8, 4) is 17.0 Å². The summed E-state index contributed by atoms with van der Waals surface area (Å²) in [5.74, 6) is 0.539. The van der Waals surface area contributed by atoms with E-state index in [1.165, 1.54) is 12.1 Å². The van der Waals surface area contributed by atoms with Gasteiger partial charge in [-0.2, -0.15) is 8.78 Å². The van der Waals surface area contributed by atoms with E-state index in [0.717, 1.165) is 22.5 Å². The SMILES string of the molecule is Cc1cc(Nc2nccn3c(-c4ccc(OC(F)F)cc4)cnc23)ccc1C(=O)N1CCN(C(=O)C[C@H](C)N)CC1. The van der Waals surface area contributed by atoms with E-state index in [-0.39, 0.29) is 23.6 Å². The molecule has 0 unspecified atom stereocenters. The van der Waals surface area contributed by atoms with Crippen LogP contribution in [0.15, 0.2) is 61.1 Å². The number of hydrogen-bond acceptors (Lipinski definition) is 7. The van der Waals surface area contributed by atoms with E-state index in [4.69, 9.17) is 5.73 Å². The molecular formula is C29H31F2N7O3. The smallest absolute Gasteiger partial charge is 0.387 e. The van der Waals surface area contributed by atoms with Gasteiger partial charge in [0.1, 0.15) is 5.75 Å². The molecule has 0 radical (unpaired) electrons. The van der Waals surface area contributed by atoms with Gasteiger partial charge in [0, 0.05) is 67.8 Å². The number of benzene rings is 2. The normalized spacial score (nSPS) is 14.4. The average molecular weight is 564 g/mol. The maximum absolute atomic E-state index is 13.2. The third kappa shape index (κ3) is 6.27. The second-order valence-corrected chi connectivity index (χ2v) is 10.0. The molecule has 214 valence electrons. The largest absolute Gasteiger partial charge is 0.435 e. The summed E-state index contributed by atoms with van der Waals surface area (Å²) in [6.45, 7) is 2.73. The Morgan fingerprint density at radius 2 is 1.76 bits per heavy atom. The summed E-state index contributed by atoms with van der Waals surface area (Å²) in [7, 11) is 0. The fourth-order valence-corrected chi connectivity index (χ4v) is 4.88. The number of rotatable bonds is 8. The van der Waals surface area contributed by atoms with Crippen LogP contribution in [0.25, 0.3) is 16.9 Å². The zero-order chi connectivity index (χ0) is 29.1. The molecule has 2 aromatic carbocycles. The molecule has 0 bridgehead atoms. The Morgan fingerprint density at radius 1 is 1.05 bits per heavy atom. The minimum atomic E-state index is -2.88. The minimum absolute atomic E-state index is 0.0179. The lowest BCUT2D eigenvalue weighted by atomic mass is 10.1. The van der Waals surface area contributed by atoms with Gasteiger partial charge in [-0.05, 0) is 61.9 Å². The number of hydrogen-bond donors (Lipinski definition) is 2. The fraction of sp³-hybridized carbons (Fsp3) is 0.310. The molecule has 5 rings (SSSR count). The lowest BCUT2D eigenvalue weighted by Crippen LogP contribution is -2.51. The third-order valence-corrected chi connectivity index (χ3v) is 6.94. The average Bonchev–Trinajstić information content (AvgIpc) is 3.38. The van der Waals surface area contributed by atoms with Gasteiger partial charge in [0.2, 0.25) is 5.91 Å². The summed E-state index contributed by atoms with van der Waals surface area (Å²) in [6.07, 6.45) is 5.39. The Balaban J connectivity index is 1.28. The van der Waals surface area contributed by atoms with Crippen LogP contribution in [-0.4, -0.2) is 74.8 Å². The van der Waals surface area contributed by atoms with Crippen molar-refractivity contribution in [2.75, 3.05) is 31.5 Å². The van der Waals surface area contributed by atoms with Gasteiger partial charge in [-0.3, -0.25) is 14.0 Å². The van der Waals surface area contributed by atoms with Gasteiger partial charge >= 0.3 is 6.61 Å². The van der Waals surface area contributed by atoms with Gasteiger partial charge in [0.05, 0.1) is 11.9 Å². The predicted octanol–water partition coefficient (Wildman–Crippen LogP) is 4.07. The highest BCUT2D eigenvalue weighted by Gasteiger charge is 2.26. The van der Waals surface area contributed by atoms with Crippen molar-refractivity contribution in [3.05, 3.63) is 72.2 Å². The van der Waals surface area contributed by atoms with Crippen molar-refractivity contribution >= 4 is 29.0 Å². The number of halogens is 2. The molecule has 2 aromatic heterocycles. The van der Waals surface area contributed by atoms with Gasteiger partial charge < -0.3 is 25.6 Å². The van der Waals surface area contributed by atoms with Crippen LogP contribution in [-0.2, 0) is 4.79 Å². The van der Waals surface area contributed by atoms with Crippen LogP contribution >= 0.6 is 0 Å². The zero-order valence-corrected chi connectivity index (χ0v) is 22.8. The van der Waals surface area contributed by atoms with Gasteiger partial charge in [0.25, 0.3) is 5.91 Å². The molecule has 12 heteroatoms. The predicted molar refractivity (Wildman–Crippen MR) is 150 cm³/mol. The fourth-order valence-electron chi connectivity index (χ4n) is 4.88. The molecule has 3 N–H and O–H groups in total. The molecule has 4 aromatic rings. The van der Waals surface area contributed by atoms with Gasteiger partial charge in [-0.25, -0.2) is 9.97 Å². The van der Waals surface area contributed by atoms with Crippen LogP contribution in [0.3, 0.4) is 0 Å². The van der Waals surface area contributed by atoms with Crippen molar-refractivity contribution in [3.63, 3.8) is 0 Å². The zero-order valence-electron chi connectivity index (χ0n) is 22.8. The second-order valence-electron chi connectivity index (χ2n) is 10.0. The first-order valence-electron chi connectivity index (χ1n) is 13.3. The maximum atomic E-state index is 13.2. The topological polar surface area (TPSA) is 118 Å².